The van der Waals surface area contributed by atoms with Gasteiger partial charge in [0.1, 0.15) is 11.6 Å². The lowest BCUT2D eigenvalue weighted by Gasteiger charge is -2.06. The number of hydrogen-bond acceptors (Lipinski definition) is 3. The number of nitrogen functional groups attached to an aromatic ring is 1. The van der Waals surface area contributed by atoms with Gasteiger partial charge in [-0.25, -0.2) is 0 Å². The van der Waals surface area contributed by atoms with Gasteiger partial charge in [-0.1, -0.05) is 36.4 Å². The smallest absolute Gasteiger partial charge is 0.221 e. The van der Waals surface area contributed by atoms with Gasteiger partial charge in [0.2, 0.25) is 5.88 Å². The lowest BCUT2D eigenvalue weighted by molar-refractivity contribution is 0.464. The Morgan fingerprint density at radius 2 is 1.67 bits per heavy atom. The summed E-state index contributed by atoms with van der Waals surface area (Å²) < 4.78 is 5.68. The van der Waals surface area contributed by atoms with Crippen molar-refractivity contribution in [1.29, 1.82) is 0 Å². The van der Waals surface area contributed by atoms with Gasteiger partial charge in [0.05, 0.1) is 0 Å². The number of aromatic nitrogens is 1. The van der Waals surface area contributed by atoms with Crippen LogP contribution < -0.4 is 10.5 Å². The van der Waals surface area contributed by atoms with Gasteiger partial charge >= 0.3 is 0 Å². The Kier molecular flexibility index (Phi) is 2.57. The molecule has 3 aromatic rings. The third kappa shape index (κ3) is 2.11. The van der Waals surface area contributed by atoms with E-state index in [4.69, 9.17) is 10.5 Å². The fourth-order valence-electron chi connectivity index (χ4n) is 1.84. The first-order valence-corrected chi connectivity index (χ1v) is 5.70. The number of benzene rings is 2. The summed E-state index contributed by atoms with van der Waals surface area (Å²) in [6.45, 7) is 0. The van der Waals surface area contributed by atoms with Gasteiger partial charge in [0.25, 0.3) is 0 Å². The quantitative estimate of drug-likeness (QED) is 0.739. The van der Waals surface area contributed by atoms with Crippen LogP contribution in [0.4, 0.5) is 5.82 Å². The van der Waals surface area contributed by atoms with Crippen LogP contribution >= 0.6 is 0 Å². The molecule has 0 bridgehead atoms. The predicted octanol–water partition coefficient (Wildman–Crippen LogP) is 3.61. The molecular weight excluding hydrogens is 224 g/mol. The van der Waals surface area contributed by atoms with E-state index in [1.54, 1.807) is 12.1 Å². The van der Waals surface area contributed by atoms with Crippen molar-refractivity contribution in [3.63, 3.8) is 0 Å². The molecule has 1 aromatic heterocycles. The SMILES string of the molecule is Nc1cccc(Oc2ccc3ccccc3c2)n1. The van der Waals surface area contributed by atoms with E-state index in [0.717, 1.165) is 11.1 Å². The highest BCUT2D eigenvalue weighted by atomic mass is 16.5. The number of rotatable bonds is 2. The lowest BCUT2D eigenvalue weighted by atomic mass is 10.1. The first-order valence-electron chi connectivity index (χ1n) is 5.70. The van der Waals surface area contributed by atoms with Crippen molar-refractivity contribution >= 4 is 16.6 Å². The minimum Gasteiger partial charge on any atom is -0.439 e. The number of fused-ring (bicyclic) bond motifs is 1. The Labute approximate surface area is 105 Å². The molecule has 0 spiro atoms. The summed E-state index contributed by atoms with van der Waals surface area (Å²) in [5, 5.41) is 2.32. The average Bonchev–Trinajstić information content (AvgIpc) is 2.39. The molecule has 0 amide bonds. The first kappa shape index (κ1) is 10.6. The summed E-state index contributed by atoms with van der Waals surface area (Å²) >= 11 is 0. The number of nitrogens with zero attached hydrogens (tertiary/aromatic N) is 1. The monoisotopic (exact) mass is 236 g/mol. The molecule has 3 heteroatoms. The van der Waals surface area contributed by atoms with E-state index in [1.807, 2.05) is 36.4 Å². The zero-order valence-electron chi connectivity index (χ0n) is 9.71. The van der Waals surface area contributed by atoms with E-state index in [2.05, 4.69) is 17.1 Å². The third-order valence-corrected chi connectivity index (χ3v) is 2.69. The van der Waals surface area contributed by atoms with Crippen molar-refractivity contribution in [2.24, 2.45) is 0 Å². The second-order valence-electron chi connectivity index (χ2n) is 4.01. The zero-order chi connectivity index (χ0) is 12.4. The van der Waals surface area contributed by atoms with Crippen LogP contribution in [0.5, 0.6) is 11.6 Å². The highest BCUT2D eigenvalue weighted by molar-refractivity contribution is 5.83. The molecule has 0 aliphatic carbocycles. The molecule has 0 atom stereocenters. The number of ether oxygens (including phenoxy) is 1. The molecule has 0 radical (unpaired) electrons. The van der Waals surface area contributed by atoms with Gasteiger partial charge in [0, 0.05) is 6.07 Å². The summed E-state index contributed by atoms with van der Waals surface area (Å²) in [6, 6.07) is 19.4. The molecule has 2 aromatic carbocycles. The summed E-state index contributed by atoms with van der Waals surface area (Å²) in [5.41, 5.74) is 5.61. The van der Waals surface area contributed by atoms with E-state index >= 15 is 0 Å². The van der Waals surface area contributed by atoms with E-state index in [1.165, 1.54) is 5.39 Å². The van der Waals surface area contributed by atoms with Crippen LogP contribution in [0.25, 0.3) is 10.8 Å². The molecule has 0 saturated heterocycles. The van der Waals surface area contributed by atoms with Crippen molar-refractivity contribution in [2.45, 2.75) is 0 Å². The topological polar surface area (TPSA) is 48.1 Å². The minimum absolute atomic E-state index is 0.452. The molecule has 3 rings (SSSR count). The van der Waals surface area contributed by atoms with Crippen molar-refractivity contribution in [3.8, 4) is 11.6 Å². The lowest BCUT2D eigenvalue weighted by Crippen LogP contribution is -1.92. The number of hydrogen-bond donors (Lipinski definition) is 1. The highest BCUT2D eigenvalue weighted by Crippen LogP contribution is 2.24. The average molecular weight is 236 g/mol. The summed E-state index contributed by atoms with van der Waals surface area (Å²) in [5.74, 6) is 1.71. The van der Waals surface area contributed by atoms with E-state index < -0.39 is 0 Å². The maximum absolute atomic E-state index is 5.68. The Morgan fingerprint density at radius 1 is 0.833 bits per heavy atom. The Morgan fingerprint density at radius 3 is 2.50 bits per heavy atom. The Bertz CT molecular complexity index is 695. The van der Waals surface area contributed by atoms with Gasteiger partial charge < -0.3 is 10.5 Å². The third-order valence-electron chi connectivity index (χ3n) is 2.69. The van der Waals surface area contributed by atoms with Crippen LogP contribution in [0.3, 0.4) is 0 Å². The maximum Gasteiger partial charge on any atom is 0.221 e. The van der Waals surface area contributed by atoms with Gasteiger partial charge in [-0.15, -0.1) is 0 Å². The molecule has 1 heterocycles. The van der Waals surface area contributed by atoms with Gasteiger partial charge in [-0.2, -0.15) is 4.98 Å². The Hall–Kier alpha value is -2.55. The molecule has 0 aliphatic rings. The molecular formula is C15H12N2O. The number of nitrogens with two attached hydrogens (primary N) is 1. The second-order valence-corrected chi connectivity index (χ2v) is 4.01. The molecule has 0 fully saturated rings. The van der Waals surface area contributed by atoms with E-state index in [-0.39, 0.29) is 0 Å². The van der Waals surface area contributed by atoms with Crippen LogP contribution in [0.2, 0.25) is 0 Å². The number of anilines is 1. The second kappa shape index (κ2) is 4.37. The van der Waals surface area contributed by atoms with Gasteiger partial charge in [0.15, 0.2) is 0 Å². The molecule has 18 heavy (non-hydrogen) atoms. The van der Waals surface area contributed by atoms with Crippen LogP contribution in [-0.2, 0) is 0 Å². The fraction of sp³-hybridized carbons (Fsp3) is 0. The normalized spacial score (nSPS) is 10.4. The van der Waals surface area contributed by atoms with E-state index in [9.17, 15) is 0 Å². The van der Waals surface area contributed by atoms with Crippen LogP contribution in [0, 0.1) is 0 Å². The van der Waals surface area contributed by atoms with E-state index in [0.29, 0.717) is 11.7 Å². The standard InChI is InChI=1S/C15H12N2O/c16-14-6-3-7-15(17-14)18-13-9-8-11-4-1-2-5-12(11)10-13/h1-10H,(H2,16,17). The molecule has 0 aliphatic heterocycles. The summed E-state index contributed by atoms with van der Waals surface area (Å²) in [4.78, 5) is 4.10. The van der Waals surface area contributed by atoms with Gasteiger partial charge in [-0.05, 0) is 29.0 Å². The largest absolute Gasteiger partial charge is 0.439 e. The van der Waals surface area contributed by atoms with Crippen molar-refractivity contribution < 1.29 is 4.74 Å². The molecule has 0 unspecified atom stereocenters. The maximum atomic E-state index is 5.68. The molecule has 88 valence electrons. The zero-order valence-corrected chi connectivity index (χ0v) is 9.71. The summed E-state index contributed by atoms with van der Waals surface area (Å²) in [7, 11) is 0. The molecule has 0 saturated carbocycles. The predicted molar refractivity (Wildman–Crippen MR) is 72.7 cm³/mol. The Balaban J connectivity index is 1.95. The van der Waals surface area contributed by atoms with Crippen molar-refractivity contribution in [2.75, 3.05) is 5.73 Å². The number of pyridine rings is 1. The van der Waals surface area contributed by atoms with Crippen molar-refractivity contribution in [1.82, 2.24) is 4.98 Å². The highest BCUT2D eigenvalue weighted by Gasteiger charge is 2.00. The molecule has 2 N–H and O–H groups in total. The van der Waals surface area contributed by atoms with Crippen molar-refractivity contribution in [3.05, 3.63) is 60.7 Å². The first-order chi connectivity index (χ1) is 8.81. The minimum atomic E-state index is 0.452. The fourth-order valence-corrected chi connectivity index (χ4v) is 1.84. The van der Waals surface area contributed by atoms with Gasteiger partial charge in [-0.3, -0.25) is 0 Å². The molecule has 3 nitrogen and oxygen atoms in total. The van der Waals surface area contributed by atoms with Crippen LogP contribution in [-0.4, -0.2) is 4.98 Å². The van der Waals surface area contributed by atoms with Crippen LogP contribution in [0.15, 0.2) is 60.7 Å². The van der Waals surface area contributed by atoms with Crippen LogP contribution in [0.1, 0.15) is 0 Å². The summed E-state index contributed by atoms with van der Waals surface area (Å²) in [6.07, 6.45) is 0.